The highest BCUT2D eigenvalue weighted by molar-refractivity contribution is 5.90. The van der Waals surface area contributed by atoms with Crippen LogP contribution < -0.4 is 4.74 Å². The molecule has 0 saturated heterocycles. The number of hydrogen-bond acceptors (Lipinski definition) is 7. The van der Waals surface area contributed by atoms with Crippen LogP contribution in [0.4, 0.5) is 0 Å². The number of rotatable bonds is 6. The van der Waals surface area contributed by atoms with Crippen molar-refractivity contribution in [2.24, 2.45) is 0 Å². The Morgan fingerprint density at radius 1 is 1.32 bits per heavy atom. The van der Waals surface area contributed by atoms with Gasteiger partial charge in [-0.3, -0.25) is 0 Å². The zero-order chi connectivity index (χ0) is 14.4. The number of hydrogen-bond donors (Lipinski definition) is 4. The van der Waals surface area contributed by atoms with Crippen molar-refractivity contribution < 1.29 is 34.7 Å². The van der Waals surface area contributed by atoms with Crippen LogP contribution in [0.25, 0.3) is 0 Å². The number of aliphatic hydroxyl groups is 3. The van der Waals surface area contributed by atoms with Gasteiger partial charge in [0.25, 0.3) is 0 Å². The molecule has 0 fully saturated rings. The van der Waals surface area contributed by atoms with Gasteiger partial charge >= 0.3 is 5.97 Å². The number of aliphatic hydroxyl groups excluding tert-OH is 3. The molecule has 0 bridgehead atoms. The van der Waals surface area contributed by atoms with Gasteiger partial charge in [-0.15, -0.1) is 0 Å². The summed E-state index contributed by atoms with van der Waals surface area (Å²) in [6, 6.07) is 3.94. The molecule has 106 valence electrons. The summed E-state index contributed by atoms with van der Waals surface area (Å²) in [7, 11) is 1.37. The van der Waals surface area contributed by atoms with E-state index < -0.39 is 31.4 Å². The maximum absolute atomic E-state index is 11.6. The summed E-state index contributed by atoms with van der Waals surface area (Å²) >= 11 is 0. The Kier molecular flexibility index (Phi) is 5.56. The Morgan fingerprint density at radius 2 is 2.00 bits per heavy atom. The molecule has 2 unspecified atom stereocenters. The number of benzene rings is 1. The second-order valence-electron chi connectivity index (χ2n) is 3.80. The fourth-order valence-electron chi connectivity index (χ4n) is 1.29. The van der Waals surface area contributed by atoms with Crippen LogP contribution >= 0.6 is 0 Å². The minimum atomic E-state index is -1.38. The molecule has 7 heteroatoms. The van der Waals surface area contributed by atoms with E-state index in [1.165, 1.54) is 19.2 Å². The van der Waals surface area contributed by atoms with Crippen LogP contribution in [0.1, 0.15) is 10.4 Å². The van der Waals surface area contributed by atoms with Crippen molar-refractivity contribution in [3.05, 3.63) is 23.8 Å². The Bertz CT molecular complexity index is 432. The molecule has 1 aromatic rings. The van der Waals surface area contributed by atoms with Crippen molar-refractivity contribution in [3.8, 4) is 11.5 Å². The molecule has 1 rings (SSSR count). The number of esters is 1. The topological polar surface area (TPSA) is 116 Å². The van der Waals surface area contributed by atoms with Crippen LogP contribution in [-0.4, -0.2) is 58.9 Å². The molecular weight excluding hydrogens is 256 g/mol. The molecular formula is C12H16O7. The van der Waals surface area contributed by atoms with Crippen molar-refractivity contribution in [2.45, 2.75) is 12.2 Å². The summed E-state index contributed by atoms with van der Waals surface area (Å²) in [5.41, 5.74) is 0.0731. The van der Waals surface area contributed by atoms with E-state index in [1.807, 2.05) is 0 Å². The molecule has 0 aliphatic heterocycles. The summed E-state index contributed by atoms with van der Waals surface area (Å²) in [6.45, 7) is -1.10. The largest absolute Gasteiger partial charge is 0.504 e. The van der Waals surface area contributed by atoms with Gasteiger partial charge in [0, 0.05) is 0 Å². The van der Waals surface area contributed by atoms with Gasteiger partial charge in [-0.05, 0) is 18.2 Å². The van der Waals surface area contributed by atoms with Crippen LogP contribution in [0.3, 0.4) is 0 Å². The number of aromatic hydroxyl groups is 1. The highest BCUT2D eigenvalue weighted by atomic mass is 16.5. The maximum Gasteiger partial charge on any atom is 0.338 e. The molecule has 0 spiro atoms. The smallest absolute Gasteiger partial charge is 0.338 e. The summed E-state index contributed by atoms with van der Waals surface area (Å²) in [5.74, 6) is -0.776. The SMILES string of the molecule is COc1ccc(C(=O)OCC(O)C(O)CO)cc1O. The molecule has 19 heavy (non-hydrogen) atoms. The molecule has 0 aliphatic carbocycles. The molecule has 0 saturated carbocycles. The summed E-state index contributed by atoms with van der Waals surface area (Å²) in [6.07, 6.45) is -2.75. The van der Waals surface area contributed by atoms with E-state index in [9.17, 15) is 15.0 Å². The molecule has 0 radical (unpaired) electrons. The normalized spacial score (nSPS) is 13.7. The van der Waals surface area contributed by atoms with E-state index in [0.29, 0.717) is 0 Å². The Hall–Kier alpha value is -1.83. The maximum atomic E-state index is 11.6. The Morgan fingerprint density at radius 3 is 2.53 bits per heavy atom. The first kappa shape index (κ1) is 15.2. The van der Waals surface area contributed by atoms with Crippen LogP contribution in [0.15, 0.2) is 18.2 Å². The molecule has 1 aromatic carbocycles. The lowest BCUT2D eigenvalue weighted by Crippen LogP contribution is -2.34. The minimum absolute atomic E-state index is 0.0731. The molecule has 0 aliphatic rings. The third-order valence-corrected chi connectivity index (χ3v) is 2.43. The fourth-order valence-corrected chi connectivity index (χ4v) is 1.29. The first-order chi connectivity index (χ1) is 8.99. The van der Waals surface area contributed by atoms with Crippen molar-refractivity contribution in [3.63, 3.8) is 0 Å². The third-order valence-electron chi connectivity index (χ3n) is 2.43. The van der Waals surface area contributed by atoms with Gasteiger partial charge in [0.05, 0.1) is 19.3 Å². The van der Waals surface area contributed by atoms with Gasteiger partial charge in [0.15, 0.2) is 11.5 Å². The monoisotopic (exact) mass is 272 g/mol. The predicted octanol–water partition coefficient (Wildman–Crippen LogP) is -0.728. The summed E-state index contributed by atoms with van der Waals surface area (Å²) < 4.78 is 9.55. The second kappa shape index (κ2) is 6.93. The van der Waals surface area contributed by atoms with E-state index in [1.54, 1.807) is 0 Å². The lowest BCUT2D eigenvalue weighted by Gasteiger charge is -2.15. The average Bonchev–Trinajstić information content (AvgIpc) is 2.43. The van der Waals surface area contributed by atoms with Crippen molar-refractivity contribution >= 4 is 5.97 Å². The number of carbonyl (C=O) groups is 1. The standard InChI is InChI=1S/C12H16O7/c1-18-11-3-2-7(4-8(11)14)12(17)19-6-10(16)9(15)5-13/h2-4,9-10,13-16H,5-6H2,1H3. The molecule has 0 aromatic heterocycles. The second-order valence-corrected chi connectivity index (χ2v) is 3.80. The van der Waals surface area contributed by atoms with E-state index in [4.69, 9.17) is 19.7 Å². The zero-order valence-corrected chi connectivity index (χ0v) is 10.3. The number of ether oxygens (including phenoxy) is 2. The first-order valence-corrected chi connectivity index (χ1v) is 5.50. The molecule has 0 heterocycles. The lowest BCUT2D eigenvalue weighted by molar-refractivity contribution is -0.0467. The van der Waals surface area contributed by atoms with Crippen molar-refractivity contribution in [1.29, 1.82) is 0 Å². The predicted molar refractivity (Wildman–Crippen MR) is 64.0 cm³/mol. The van der Waals surface area contributed by atoms with Gasteiger partial charge in [0.1, 0.15) is 18.8 Å². The summed E-state index contributed by atoms with van der Waals surface area (Å²) in [5, 5.41) is 36.4. The number of methoxy groups -OCH3 is 1. The van der Waals surface area contributed by atoms with Crippen LogP contribution in [0.2, 0.25) is 0 Å². The Balaban J connectivity index is 2.61. The number of carbonyl (C=O) groups excluding carboxylic acids is 1. The van der Waals surface area contributed by atoms with Crippen LogP contribution in [0, 0.1) is 0 Å². The van der Waals surface area contributed by atoms with Gasteiger partial charge < -0.3 is 29.9 Å². The molecule has 7 nitrogen and oxygen atoms in total. The Labute approximate surface area is 109 Å². The number of phenols is 1. The quantitative estimate of drug-likeness (QED) is 0.504. The van der Waals surface area contributed by atoms with Gasteiger partial charge in [-0.2, -0.15) is 0 Å². The lowest BCUT2D eigenvalue weighted by atomic mass is 10.2. The number of phenolic OH excluding ortho intramolecular Hbond substituents is 1. The molecule has 0 amide bonds. The van der Waals surface area contributed by atoms with Crippen LogP contribution in [-0.2, 0) is 4.74 Å². The van der Waals surface area contributed by atoms with Gasteiger partial charge in [0.2, 0.25) is 0 Å². The van der Waals surface area contributed by atoms with E-state index in [0.717, 1.165) is 6.07 Å². The fraction of sp³-hybridized carbons (Fsp3) is 0.417. The molecule has 2 atom stereocenters. The zero-order valence-electron chi connectivity index (χ0n) is 10.3. The van der Waals surface area contributed by atoms with E-state index in [-0.39, 0.29) is 17.1 Å². The van der Waals surface area contributed by atoms with Crippen molar-refractivity contribution in [1.82, 2.24) is 0 Å². The van der Waals surface area contributed by atoms with Crippen LogP contribution in [0.5, 0.6) is 11.5 Å². The van der Waals surface area contributed by atoms with E-state index >= 15 is 0 Å². The minimum Gasteiger partial charge on any atom is -0.504 e. The van der Waals surface area contributed by atoms with E-state index in [2.05, 4.69) is 0 Å². The van der Waals surface area contributed by atoms with Gasteiger partial charge in [-0.25, -0.2) is 4.79 Å². The molecule has 4 N–H and O–H groups in total. The summed E-state index contributed by atoms with van der Waals surface area (Å²) in [4.78, 5) is 11.6. The average molecular weight is 272 g/mol. The first-order valence-electron chi connectivity index (χ1n) is 5.50. The van der Waals surface area contributed by atoms with Crippen molar-refractivity contribution in [2.75, 3.05) is 20.3 Å². The highest BCUT2D eigenvalue weighted by Gasteiger charge is 2.18. The highest BCUT2D eigenvalue weighted by Crippen LogP contribution is 2.26. The van der Waals surface area contributed by atoms with Gasteiger partial charge in [-0.1, -0.05) is 0 Å². The third kappa shape index (κ3) is 4.09.